The zero-order chi connectivity index (χ0) is 23.4. The van der Waals surface area contributed by atoms with Gasteiger partial charge in [0.15, 0.2) is 0 Å². The molecule has 1 aliphatic heterocycles. The minimum Gasteiger partial charge on any atom is -0.401 e. The van der Waals surface area contributed by atoms with Crippen LogP contribution in [0.3, 0.4) is 0 Å². The Morgan fingerprint density at radius 1 is 1.03 bits per heavy atom. The first-order valence-corrected chi connectivity index (χ1v) is 11.3. The summed E-state index contributed by atoms with van der Waals surface area (Å²) < 4.78 is 13.6. The van der Waals surface area contributed by atoms with Crippen molar-refractivity contribution in [3.8, 4) is 0 Å². The number of carbonyl (C=O) groups is 1. The van der Waals surface area contributed by atoms with Gasteiger partial charge >= 0.3 is 0 Å². The van der Waals surface area contributed by atoms with E-state index in [2.05, 4.69) is 43.0 Å². The lowest BCUT2D eigenvalue weighted by atomic mass is 10.0. The number of aryl methyl sites for hydroxylation is 1. The van der Waals surface area contributed by atoms with E-state index in [1.165, 1.54) is 17.7 Å². The number of anilines is 1. The van der Waals surface area contributed by atoms with Crippen molar-refractivity contribution < 1.29 is 9.18 Å². The van der Waals surface area contributed by atoms with E-state index in [4.69, 9.17) is 5.73 Å². The molecule has 33 heavy (non-hydrogen) atoms. The number of carbonyl (C=O) groups excluding carboxylic acids is 1. The summed E-state index contributed by atoms with van der Waals surface area (Å²) in [5.41, 5.74) is 10.8. The largest absolute Gasteiger partial charge is 0.401 e. The van der Waals surface area contributed by atoms with Crippen LogP contribution in [0.25, 0.3) is 0 Å². The standard InChI is InChI=1S/C28H30FN3O/c1-20-8-10-22(11-9-20)18-31(25-14-12-24(29)13-15-25)19-28(33)32-26(21(2)30)16-17-27(32)23-6-4-3-5-7-23/h3-15,26-27H,2,16-19,30H2,1H3. The number of rotatable bonds is 7. The normalized spacial score (nSPS) is 17.7. The van der Waals surface area contributed by atoms with Crippen LogP contribution in [-0.4, -0.2) is 23.4 Å². The summed E-state index contributed by atoms with van der Waals surface area (Å²) in [6.45, 7) is 6.69. The number of amides is 1. The van der Waals surface area contributed by atoms with Gasteiger partial charge in [0, 0.05) is 17.9 Å². The van der Waals surface area contributed by atoms with Crippen LogP contribution < -0.4 is 10.6 Å². The predicted octanol–water partition coefficient (Wildman–Crippen LogP) is 5.35. The van der Waals surface area contributed by atoms with Gasteiger partial charge in [-0.1, -0.05) is 66.7 Å². The van der Waals surface area contributed by atoms with Crippen LogP contribution in [-0.2, 0) is 11.3 Å². The average Bonchev–Trinajstić information content (AvgIpc) is 3.27. The molecule has 2 atom stereocenters. The molecule has 0 spiro atoms. The third-order valence-electron chi connectivity index (χ3n) is 6.30. The number of nitrogens with two attached hydrogens (primary N) is 1. The minimum absolute atomic E-state index is 0.0191. The van der Waals surface area contributed by atoms with E-state index >= 15 is 0 Å². The highest BCUT2D eigenvalue weighted by atomic mass is 19.1. The first-order chi connectivity index (χ1) is 15.9. The molecule has 2 unspecified atom stereocenters. The number of hydrogen-bond donors (Lipinski definition) is 1. The smallest absolute Gasteiger partial charge is 0.243 e. The fourth-order valence-electron chi connectivity index (χ4n) is 4.57. The first-order valence-electron chi connectivity index (χ1n) is 11.3. The zero-order valence-electron chi connectivity index (χ0n) is 19.0. The molecule has 1 fully saturated rings. The second-order valence-corrected chi connectivity index (χ2v) is 8.71. The van der Waals surface area contributed by atoms with Crippen molar-refractivity contribution in [3.05, 3.63) is 114 Å². The average molecular weight is 444 g/mol. The molecule has 1 aliphatic rings. The molecule has 5 heteroatoms. The summed E-state index contributed by atoms with van der Waals surface area (Å²) in [5.74, 6) is -0.321. The highest BCUT2D eigenvalue weighted by Gasteiger charge is 2.38. The van der Waals surface area contributed by atoms with Crippen LogP contribution in [0.2, 0.25) is 0 Å². The second kappa shape index (κ2) is 9.90. The van der Waals surface area contributed by atoms with E-state index in [1.807, 2.05) is 34.9 Å². The van der Waals surface area contributed by atoms with Gasteiger partial charge in [-0.3, -0.25) is 4.79 Å². The Hall–Kier alpha value is -3.60. The van der Waals surface area contributed by atoms with Crippen molar-refractivity contribution >= 4 is 11.6 Å². The number of hydrogen-bond acceptors (Lipinski definition) is 3. The molecule has 1 amide bonds. The Labute approximate surface area is 195 Å². The van der Waals surface area contributed by atoms with Crippen molar-refractivity contribution in [2.75, 3.05) is 11.4 Å². The SMILES string of the molecule is C=C(N)C1CCC(c2ccccc2)N1C(=O)CN(Cc1ccc(C)cc1)c1ccc(F)cc1. The molecular formula is C28H30FN3O. The van der Waals surface area contributed by atoms with Gasteiger partial charge < -0.3 is 15.5 Å². The van der Waals surface area contributed by atoms with Crippen LogP contribution in [0.4, 0.5) is 10.1 Å². The van der Waals surface area contributed by atoms with Gasteiger partial charge in [0.2, 0.25) is 5.91 Å². The fourth-order valence-corrected chi connectivity index (χ4v) is 4.57. The fraction of sp³-hybridized carbons (Fsp3) is 0.250. The Morgan fingerprint density at radius 3 is 2.33 bits per heavy atom. The van der Waals surface area contributed by atoms with Crippen molar-refractivity contribution in [2.45, 2.75) is 38.4 Å². The highest BCUT2D eigenvalue weighted by molar-refractivity contribution is 5.83. The number of likely N-dealkylation sites (tertiary alicyclic amines) is 1. The van der Waals surface area contributed by atoms with Crippen molar-refractivity contribution in [3.63, 3.8) is 0 Å². The van der Waals surface area contributed by atoms with E-state index in [1.54, 1.807) is 12.1 Å². The van der Waals surface area contributed by atoms with Crippen LogP contribution in [0.1, 0.15) is 35.6 Å². The topological polar surface area (TPSA) is 49.6 Å². The predicted molar refractivity (Wildman–Crippen MR) is 131 cm³/mol. The van der Waals surface area contributed by atoms with E-state index < -0.39 is 0 Å². The number of halogens is 1. The van der Waals surface area contributed by atoms with E-state index in [-0.39, 0.29) is 30.4 Å². The Balaban J connectivity index is 1.62. The van der Waals surface area contributed by atoms with Crippen LogP contribution in [0, 0.1) is 12.7 Å². The lowest BCUT2D eigenvalue weighted by Crippen LogP contribution is -2.45. The Kier molecular flexibility index (Phi) is 6.78. The van der Waals surface area contributed by atoms with Crippen molar-refractivity contribution in [2.24, 2.45) is 5.73 Å². The molecule has 4 nitrogen and oxygen atoms in total. The molecule has 1 heterocycles. The summed E-state index contributed by atoms with van der Waals surface area (Å²) in [6.07, 6.45) is 1.63. The van der Waals surface area contributed by atoms with Crippen molar-refractivity contribution in [1.29, 1.82) is 0 Å². The zero-order valence-corrected chi connectivity index (χ0v) is 19.0. The van der Waals surface area contributed by atoms with Gasteiger partial charge in [-0.05, 0) is 55.2 Å². The van der Waals surface area contributed by atoms with Gasteiger partial charge in [-0.25, -0.2) is 4.39 Å². The molecular weight excluding hydrogens is 413 g/mol. The molecule has 0 aliphatic carbocycles. The van der Waals surface area contributed by atoms with Gasteiger partial charge in [0.25, 0.3) is 0 Å². The molecule has 4 rings (SSSR count). The molecule has 0 radical (unpaired) electrons. The van der Waals surface area contributed by atoms with E-state index in [9.17, 15) is 9.18 Å². The highest BCUT2D eigenvalue weighted by Crippen LogP contribution is 2.38. The maximum absolute atomic E-state index is 13.8. The molecule has 0 bridgehead atoms. The van der Waals surface area contributed by atoms with Crippen LogP contribution in [0.15, 0.2) is 91.1 Å². The van der Waals surface area contributed by atoms with E-state index in [0.29, 0.717) is 12.2 Å². The maximum atomic E-state index is 13.8. The molecule has 0 aromatic heterocycles. The molecule has 0 saturated carbocycles. The molecule has 3 aromatic rings. The maximum Gasteiger partial charge on any atom is 0.243 e. The Morgan fingerprint density at radius 2 is 1.70 bits per heavy atom. The van der Waals surface area contributed by atoms with E-state index in [0.717, 1.165) is 29.7 Å². The summed E-state index contributed by atoms with van der Waals surface area (Å²) in [6, 6.07) is 24.3. The summed E-state index contributed by atoms with van der Waals surface area (Å²) in [5, 5.41) is 0. The monoisotopic (exact) mass is 443 g/mol. The second-order valence-electron chi connectivity index (χ2n) is 8.71. The van der Waals surface area contributed by atoms with Gasteiger partial charge in [0.05, 0.1) is 18.6 Å². The van der Waals surface area contributed by atoms with Gasteiger partial charge in [0.1, 0.15) is 5.82 Å². The van der Waals surface area contributed by atoms with Crippen LogP contribution in [0.5, 0.6) is 0 Å². The third kappa shape index (κ3) is 5.25. The molecule has 2 N–H and O–H groups in total. The lowest BCUT2D eigenvalue weighted by molar-refractivity contribution is -0.132. The molecule has 3 aromatic carbocycles. The van der Waals surface area contributed by atoms with Crippen molar-refractivity contribution in [1.82, 2.24) is 4.90 Å². The molecule has 170 valence electrons. The van der Waals surface area contributed by atoms with Gasteiger partial charge in [-0.2, -0.15) is 0 Å². The Bertz CT molecular complexity index is 1100. The summed E-state index contributed by atoms with van der Waals surface area (Å²) in [4.78, 5) is 17.6. The summed E-state index contributed by atoms with van der Waals surface area (Å²) in [7, 11) is 0. The van der Waals surface area contributed by atoms with Crippen LogP contribution >= 0.6 is 0 Å². The summed E-state index contributed by atoms with van der Waals surface area (Å²) >= 11 is 0. The van der Waals surface area contributed by atoms with Gasteiger partial charge in [-0.15, -0.1) is 0 Å². The number of benzene rings is 3. The minimum atomic E-state index is -0.302. The first kappa shape index (κ1) is 22.6. The quantitative estimate of drug-likeness (QED) is 0.536. The third-order valence-corrected chi connectivity index (χ3v) is 6.30. The lowest BCUT2D eigenvalue weighted by Gasteiger charge is -2.34. The number of nitrogens with zero attached hydrogens (tertiary/aromatic N) is 2. The molecule has 1 saturated heterocycles.